The summed E-state index contributed by atoms with van der Waals surface area (Å²) >= 11 is 0. The molecule has 2 fully saturated rings. The van der Waals surface area contributed by atoms with E-state index in [0.717, 1.165) is 58.7 Å². The van der Waals surface area contributed by atoms with Crippen LogP contribution in [0.25, 0.3) is 0 Å². The van der Waals surface area contributed by atoms with E-state index in [1.54, 1.807) is 0 Å². The Balaban J connectivity index is 1.84. The molecule has 0 aliphatic carbocycles. The summed E-state index contributed by atoms with van der Waals surface area (Å²) in [6.45, 7) is 7.47. The van der Waals surface area contributed by atoms with E-state index in [4.69, 9.17) is 4.74 Å². The Bertz CT molecular complexity index is 246. The van der Waals surface area contributed by atoms with Crippen LogP contribution in [0.15, 0.2) is 0 Å². The van der Waals surface area contributed by atoms with Crippen molar-refractivity contribution in [2.45, 2.75) is 26.2 Å². The van der Waals surface area contributed by atoms with Crippen LogP contribution in [-0.2, 0) is 9.53 Å². The van der Waals surface area contributed by atoms with E-state index >= 15 is 0 Å². The summed E-state index contributed by atoms with van der Waals surface area (Å²) in [4.78, 5) is 14.4. The predicted molar refractivity (Wildman–Crippen MR) is 66.8 cm³/mol. The fraction of sp³-hybridized carbons (Fsp3) is 0.923. The van der Waals surface area contributed by atoms with Gasteiger partial charge in [0.15, 0.2) is 0 Å². The first kappa shape index (κ1) is 12.8. The van der Waals surface area contributed by atoms with Crippen molar-refractivity contribution in [2.75, 3.05) is 39.4 Å². The molecule has 0 aromatic heterocycles. The summed E-state index contributed by atoms with van der Waals surface area (Å²) < 4.78 is 5.38. The summed E-state index contributed by atoms with van der Waals surface area (Å²) in [6, 6.07) is 0. The van der Waals surface area contributed by atoms with Gasteiger partial charge in [0, 0.05) is 31.5 Å². The van der Waals surface area contributed by atoms with E-state index in [-0.39, 0.29) is 5.92 Å². The van der Waals surface area contributed by atoms with Crippen molar-refractivity contribution in [3.8, 4) is 0 Å². The van der Waals surface area contributed by atoms with Crippen LogP contribution >= 0.6 is 0 Å². The molecule has 0 spiro atoms. The van der Waals surface area contributed by atoms with Gasteiger partial charge < -0.3 is 15.0 Å². The highest BCUT2D eigenvalue weighted by Crippen LogP contribution is 2.19. The maximum Gasteiger partial charge on any atom is 0.225 e. The summed E-state index contributed by atoms with van der Waals surface area (Å²) in [5.41, 5.74) is 0. The van der Waals surface area contributed by atoms with Gasteiger partial charge in [-0.3, -0.25) is 4.79 Å². The van der Waals surface area contributed by atoms with E-state index in [0.29, 0.717) is 11.8 Å². The fourth-order valence-electron chi connectivity index (χ4n) is 2.74. The van der Waals surface area contributed by atoms with Gasteiger partial charge in [-0.2, -0.15) is 0 Å². The van der Waals surface area contributed by atoms with Crippen LogP contribution in [0, 0.1) is 11.8 Å². The maximum absolute atomic E-state index is 12.4. The highest BCUT2D eigenvalue weighted by molar-refractivity contribution is 5.79. The minimum Gasteiger partial charge on any atom is -0.381 e. The lowest BCUT2D eigenvalue weighted by Crippen LogP contribution is -2.43. The van der Waals surface area contributed by atoms with Gasteiger partial charge in [0.25, 0.3) is 0 Å². The number of rotatable bonds is 4. The number of nitrogens with zero attached hydrogens (tertiary/aromatic N) is 1. The Morgan fingerprint density at radius 3 is 2.71 bits per heavy atom. The number of carbonyl (C=O) groups is 1. The number of carbonyl (C=O) groups excluding carboxylic acids is 1. The molecule has 1 atom stereocenters. The van der Waals surface area contributed by atoms with E-state index in [9.17, 15) is 4.79 Å². The molecule has 17 heavy (non-hydrogen) atoms. The first-order chi connectivity index (χ1) is 8.31. The molecule has 0 aromatic carbocycles. The Hall–Kier alpha value is -0.610. The maximum atomic E-state index is 12.4. The van der Waals surface area contributed by atoms with Crippen LogP contribution in [0.3, 0.4) is 0 Å². The quantitative estimate of drug-likeness (QED) is 0.793. The number of ether oxygens (including phenoxy) is 1. The summed E-state index contributed by atoms with van der Waals surface area (Å²) in [5.74, 6) is 1.17. The molecule has 4 heteroatoms. The van der Waals surface area contributed by atoms with Gasteiger partial charge in [-0.1, -0.05) is 0 Å². The Labute approximate surface area is 104 Å². The molecule has 2 saturated heterocycles. The van der Waals surface area contributed by atoms with Gasteiger partial charge in [-0.25, -0.2) is 0 Å². The minimum absolute atomic E-state index is 0.249. The monoisotopic (exact) mass is 240 g/mol. The van der Waals surface area contributed by atoms with Crippen molar-refractivity contribution in [1.82, 2.24) is 10.2 Å². The molecular formula is C13H24N2O2. The van der Waals surface area contributed by atoms with Crippen LogP contribution in [-0.4, -0.2) is 50.2 Å². The van der Waals surface area contributed by atoms with Gasteiger partial charge in [0.1, 0.15) is 0 Å². The average molecular weight is 240 g/mol. The molecule has 2 aliphatic rings. The molecular weight excluding hydrogens is 216 g/mol. The highest BCUT2D eigenvalue weighted by Gasteiger charge is 2.27. The molecule has 2 heterocycles. The van der Waals surface area contributed by atoms with Crippen LogP contribution in [0.4, 0.5) is 0 Å². The van der Waals surface area contributed by atoms with E-state index in [1.165, 1.54) is 0 Å². The number of nitrogens with one attached hydrogen (secondary N) is 1. The molecule has 0 bridgehead atoms. The van der Waals surface area contributed by atoms with Crippen LogP contribution in [0.5, 0.6) is 0 Å². The average Bonchev–Trinajstić information content (AvgIpc) is 2.89. The van der Waals surface area contributed by atoms with Crippen molar-refractivity contribution < 1.29 is 9.53 Å². The number of amides is 1. The topological polar surface area (TPSA) is 41.6 Å². The zero-order valence-corrected chi connectivity index (χ0v) is 10.8. The second-order valence-electron chi connectivity index (χ2n) is 5.13. The summed E-state index contributed by atoms with van der Waals surface area (Å²) in [7, 11) is 0. The number of hydrogen-bond donors (Lipinski definition) is 1. The first-order valence-corrected chi connectivity index (χ1v) is 6.88. The van der Waals surface area contributed by atoms with Crippen LogP contribution in [0.2, 0.25) is 0 Å². The number of hydrogen-bond acceptors (Lipinski definition) is 3. The Morgan fingerprint density at radius 1 is 1.35 bits per heavy atom. The minimum atomic E-state index is 0.249. The molecule has 2 aliphatic heterocycles. The fourth-order valence-corrected chi connectivity index (χ4v) is 2.74. The molecule has 98 valence electrons. The molecule has 1 amide bonds. The third-order valence-electron chi connectivity index (χ3n) is 3.88. The standard InChI is InChI=1S/C13H24N2O2/c1-2-15(9-11-5-8-17-10-11)13(16)12-3-6-14-7-4-12/h11-12,14H,2-10H2,1H3. The lowest BCUT2D eigenvalue weighted by Gasteiger charge is -2.30. The zero-order chi connectivity index (χ0) is 12.1. The molecule has 0 saturated carbocycles. The lowest BCUT2D eigenvalue weighted by molar-refractivity contribution is -0.136. The molecule has 2 rings (SSSR count). The van der Waals surface area contributed by atoms with Gasteiger partial charge in [-0.05, 0) is 39.3 Å². The van der Waals surface area contributed by atoms with E-state index < -0.39 is 0 Å². The third kappa shape index (κ3) is 3.42. The highest BCUT2D eigenvalue weighted by atomic mass is 16.5. The largest absolute Gasteiger partial charge is 0.381 e. The predicted octanol–water partition coefficient (Wildman–Crippen LogP) is 0.871. The van der Waals surface area contributed by atoms with Gasteiger partial charge in [-0.15, -0.1) is 0 Å². The van der Waals surface area contributed by atoms with E-state index in [2.05, 4.69) is 12.2 Å². The van der Waals surface area contributed by atoms with Gasteiger partial charge >= 0.3 is 0 Å². The lowest BCUT2D eigenvalue weighted by atomic mass is 9.96. The zero-order valence-electron chi connectivity index (χ0n) is 10.8. The normalized spacial score (nSPS) is 26.1. The molecule has 0 aromatic rings. The van der Waals surface area contributed by atoms with Crippen molar-refractivity contribution >= 4 is 5.91 Å². The summed E-state index contributed by atoms with van der Waals surface area (Å²) in [6.07, 6.45) is 3.10. The molecule has 1 N–H and O–H groups in total. The molecule has 4 nitrogen and oxygen atoms in total. The van der Waals surface area contributed by atoms with Crippen molar-refractivity contribution in [1.29, 1.82) is 0 Å². The Kier molecular flexibility index (Phi) is 4.80. The smallest absolute Gasteiger partial charge is 0.225 e. The number of piperidine rings is 1. The van der Waals surface area contributed by atoms with Crippen LogP contribution < -0.4 is 5.32 Å². The van der Waals surface area contributed by atoms with Gasteiger partial charge in [0.05, 0.1) is 6.61 Å². The first-order valence-electron chi connectivity index (χ1n) is 6.88. The van der Waals surface area contributed by atoms with E-state index in [1.807, 2.05) is 4.90 Å². The van der Waals surface area contributed by atoms with Gasteiger partial charge in [0.2, 0.25) is 5.91 Å². The summed E-state index contributed by atoms with van der Waals surface area (Å²) in [5, 5.41) is 3.31. The second kappa shape index (κ2) is 6.36. The SMILES string of the molecule is CCN(CC1CCOC1)C(=O)C1CCNCC1. The second-order valence-corrected chi connectivity index (χ2v) is 5.13. The van der Waals surface area contributed by atoms with Crippen molar-refractivity contribution in [3.05, 3.63) is 0 Å². The Morgan fingerprint density at radius 2 is 2.12 bits per heavy atom. The van der Waals surface area contributed by atoms with Crippen molar-refractivity contribution in [3.63, 3.8) is 0 Å². The molecule has 1 unspecified atom stereocenters. The molecule has 0 radical (unpaired) electrons. The van der Waals surface area contributed by atoms with Crippen LogP contribution in [0.1, 0.15) is 26.2 Å². The third-order valence-corrected chi connectivity index (χ3v) is 3.88. The van der Waals surface area contributed by atoms with Crippen molar-refractivity contribution in [2.24, 2.45) is 11.8 Å².